The van der Waals surface area contributed by atoms with E-state index in [1.54, 1.807) is 29.2 Å². The quantitative estimate of drug-likeness (QED) is 0.698. The van der Waals surface area contributed by atoms with Crippen LogP contribution >= 0.6 is 11.6 Å². The highest BCUT2D eigenvalue weighted by molar-refractivity contribution is 6.34. The molecule has 7 heteroatoms. The Hall–Kier alpha value is -2.99. The summed E-state index contributed by atoms with van der Waals surface area (Å²) in [5, 5.41) is 3.25. The molecule has 30 heavy (non-hydrogen) atoms. The van der Waals surface area contributed by atoms with Gasteiger partial charge in [0, 0.05) is 37.2 Å². The molecule has 1 saturated heterocycles. The molecule has 0 atom stereocenters. The summed E-state index contributed by atoms with van der Waals surface area (Å²) in [6.07, 6.45) is 4.59. The summed E-state index contributed by atoms with van der Waals surface area (Å²) in [7, 11) is 3.05. The number of piperidine rings is 1. The van der Waals surface area contributed by atoms with Gasteiger partial charge in [-0.1, -0.05) is 41.9 Å². The van der Waals surface area contributed by atoms with Gasteiger partial charge in [0.2, 0.25) is 11.8 Å². The number of rotatable bonds is 6. The van der Waals surface area contributed by atoms with Gasteiger partial charge in [-0.3, -0.25) is 9.59 Å². The van der Waals surface area contributed by atoms with Gasteiger partial charge in [0.1, 0.15) is 0 Å². The van der Waals surface area contributed by atoms with Crippen molar-refractivity contribution >= 4 is 35.2 Å². The van der Waals surface area contributed by atoms with Crippen LogP contribution in [0.5, 0.6) is 11.5 Å². The van der Waals surface area contributed by atoms with E-state index in [0.717, 1.165) is 5.56 Å². The van der Waals surface area contributed by atoms with E-state index in [9.17, 15) is 9.59 Å². The molecule has 0 saturated carbocycles. The van der Waals surface area contributed by atoms with E-state index >= 15 is 0 Å². The SMILES string of the molecule is COc1cc(Cl)c(NC(=O)C2CCN(C(=O)/C=C/c3ccccc3)CC2)cc1OC. The number of carbonyl (C=O) groups excluding carboxylic acids is 2. The highest BCUT2D eigenvalue weighted by Crippen LogP contribution is 2.36. The van der Waals surface area contributed by atoms with Gasteiger partial charge in [0.05, 0.1) is 24.9 Å². The number of amides is 2. The maximum Gasteiger partial charge on any atom is 0.246 e. The summed E-state index contributed by atoms with van der Waals surface area (Å²) >= 11 is 6.26. The Morgan fingerprint density at radius 3 is 2.33 bits per heavy atom. The summed E-state index contributed by atoms with van der Waals surface area (Å²) in [5.41, 5.74) is 1.45. The number of ether oxygens (including phenoxy) is 2. The standard InChI is InChI=1S/C23H25ClN2O4/c1-29-20-14-18(24)19(15-21(20)30-2)25-23(28)17-10-12-26(13-11-17)22(27)9-8-16-6-4-3-5-7-16/h3-9,14-15,17H,10-13H2,1-2H3,(H,25,28)/b9-8+. The molecule has 0 aliphatic carbocycles. The van der Waals surface area contributed by atoms with Gasteiger partial charge in [0.25, 0.3) is 0 Å². The number of nitrogens with zero attached hydrogens (tertiary/aromatic N) is 1. The average Bonchev–Trinajstić information content (AvgIpc) is 2.79. The number of likely N-dealkylation sites (tertiary alicyclic amines) is 1. The Bertz CT molecular complexity index is 922. The molecule has 0 radical (unpaired) electrons. The molecule has 1 aliphatic heterocycles. The minimum Gasteiger partial charge on any atom is -0.493 e. The van der Waals surface area contributed by atoms with Crippen molar-refractivity contribution in [2.45, 2.75) is 12.8 Å². The highest BCUT2D eigenvalue weighted by Gasteiger charge is 2.27. The van der Waals surface area contributed by atoms with E-state index in [1.165, 1.54) is 14.2 Å². The zero-order valence-corrected chi connectivity index (χ0v) is 17.8. The van der Waals surface area contributed by atoms with Crippen LogP contribution in [0.4, 0.5) is 5.69 Å². The molecule has 2 aromatic rings. The van der Waals surface area contributed by atoms with Crippen LogP contribution in [-0.4, -0.2) is 44.0 Å². The molecule has 6 nitrogen and oxygen atoms in total. The van der Waals surface area contributed by atoms with Crippen molar-refractivity contribution in [1.82, 2.24) is 4.90 Å². The van der Waals surface area contributed by atoms with E-state index in [2.05, 4.69) is 5.32 Å². The number of halogens is 1. The van der Waals surface area contributed by atoms with E-state index in [0.29, 0.717) is 48.1 Å². The van der Waals surface area contributed by atoms with Gasteiger partial charge < -0.3 is 19.7 Å². The molecule has 158 valence electrons. The second-order valence-electron chi connectivity index (χ2n) is 7.02. The Balaban J connectivity index is 1.55. The zero-order valence-electron chi connectivity index (χ0n) is 17.1. The second-order valence-corrected chi connectivity index (χ2v) is 7.43. The number of nitrogens with one attached hydrogen (secondary N) is 1. The van der Waals surface area contributed by atoms with Crippen molar-refractivity contribution in [3.63, 3.8) is 0 Å². The van der Waals surface area contributed by atoms with Gasteiger partial charge >= 0.3 is 0 Å². The van der Waals surface area contributed by atoms with Crippen LogP contribution in [0.15, 0.2) is 48.5 Å². The van der Waals surface area contributed by atoms with Gasteiger partial charge in [-0.15, -0.1) is 0 Å². The van der Waals surface area contributed by atoms with Crippen molar-refractivity contribution in [3.8, 4) is 11.5 Å². The summed E-state index contributed by atoms with van der Waals surface area (Å²) in [6, 6.07) is 12.9. The van der Waals surface area contributed by atoms with Crippen LogP contribution in [0.2, 0.25) is 5.02 Å². The molecular weight excluding hydrogens is 404 g/mol. The Kier molecular flexibility index (Phi) is 7.36. The molecule has 0 spiro atoms. The Morgan fingerprint density at radius 2 is 1.70 bits per heavy atom. The van der Waals surface area contributed by atoms with Crippen LogP contribution in [0.3, 0.4) is 0 Å². The molecule has 2 amide bonds. The molecular formula is C23H25ClN2O4. The van der Waals surface area contributed by atoms with Crippen LogP contribution in [-0.2, 0) is 9.59 Å². The molecule has 0 bridgehead atoms. The third-order valence-corrected chi connectivity index (χ3v) is 5.44. The fourth-order valence-corrected chi connectivity index (χ4v) is 3.58. The fraction of sp³-hybridized carbons (Fsp3) is 0.304. The van der Waals surface area contributed by atoms with E-state index < -0.39 is 0 Å². The van der Waals surface area contributed by atoms with Crippen LogP contribution in [0.1, 0.15) is 18.4 Å². The van der Waals surface area contributed by atoms with E-state index in [-0.39, 0.29) is 17.7 Å². The lowest BCUT2D eigenvalue weighted by molar-refractivity contribution is -0.130. The number of hydrogen-bond donors (Lipinski definition) is 1. The lowest BCUT2D eigenvalue weighted by atomic mass is 9.95. The lowest BCUT2D eigenvalue weighted by Gasteiger charge is -2.30. The van der Waals surface area contributed by atoms with Crippen molar-refractivity contribution in [2.24, 2.45) is 5.92 Å². The molecule has 1 heterocycles. The smallest absolute Gasteiger partial charge is 0.246 e. The molecule has 3 rings (SSSR count). The first-order chi connectivity index (χ1) is 14.5. The lowest BCUT2D eigenvalue weighted by Crippen LogP contribution is -2.40. The topological polar surface area (TPSA) is 67.9 Å². The molecule has 1 fully saturated rings. The molecule has 0 aromatic heterocycles. The minimum atomic E-state index is -0.184. The maximum atomic E-state index is 12.7. The van der Waals surface area contributed by atoms with Crippen LogP contribution in [0.25, 0.3) is 6.08 Å². The summed E-state index contributed by atoms with van der Waals surface area (Å²) in [4.78, 5) is 26.9. The number of anilines is 1. The van der Waals surface area contributed by atoms with E-state index in [4.69, 9.17) is 21.1 Å². The largest absolute Gasteiger partial charge is 0.493 e. The van der Waals surface area contributed by atoms with Crippen molar-refractivity contribution in [1.29, 1.82) is 0 Å². The Morgan fingerprint density at radius 1 is 1.07 bits per heavy atom. The number of benzene rings is 2. The average molecular weight is 429 g/mol. The number of methoxy groups -OCH3 is 2. The summed E-state index contributed by atoms with van der Waals surface area (Å²) < 4.78 is 10.5. The first kappa shape index (κ1) is 21.7. The second kappa shape index (κ2) is 10.2. The van der Waals surface area contributed by atoms with Crippen molar-refractivity contribution < 1.29 is 19.1 Å². The predicted molar refractivity (Wildman–Crippen MR) is 118 cm³/mol. The summed E-state index contributed by atoms with van der Waals surface area (Å²) in [5.74, 6) is 0.645. The fourth-order valence-electron chi connectivity index (χ4n) is 3.38. The normalized spacial score (nSPS) is 14.6. The molecule has 0 unspecified atom stereocenters. The molecule has 1 aliphatic rings. The van der Waals surface area contributed by atoms with Crippen LogP contribution in [0, 0.1) is 5.92 Å². The predicted octanol–water partition coefficient (Wildman–Crippen LogP) is 4.25. The van der Waals surface area contributed by atoms with Gasteiger partial charge in [-0.05, 0) is 24.5 Å². The first-order valence-electron chi connectivity index (χ1n) is 9.76. The van der Waals surface area contributed by atoms with Gasteiger partial charge in [-0.25, -0.2) is 0 Å². The monoisotopic (exact) mass is 428 g/mol. The first-order valence-corrected chi connectivity index (χ1v) is 10.1. The number of carbonyl (C=O) groups is 2. The minimum absolute atomic E-state index is 0.0411. The van der Waals surface area contributed by atoms with Gasteiger partial charge in [0.15, 0.2) is 11.5 Å². The van der Waals surface area contributed by atoms with Crippen LogP contribution < -0.4 is 14.8 Å². The van der Waals surface area contributed by atoms with Gasteiger partial charge in [-0.2, -0.15) is 0 Å². The number of hydrogen-bond acceptors (Lipinski definition) is 4. The Labute approximate surface area is 181 Å². The van der Waals surface area contributed by atoms with Crippen molar-refractivity contribution in [2.75, 3.05) is 32.6 Å². The summed E-state index contributed by atoms with van der Waals surface area (Å²) in [6.45, 7) is 1.07. The van der Waals surface area contributed by atoms with Crippen molar-refractivity contribution in [3.05, 3.63) is 59.1 Å². The zero-order chi connectivity index (χ0) is 21.5. The third-order valence-electron chi connectivity index (χ3n) is 5.13. The highest BCUT2D eigenvalue weighted by atomic mass is 35.5. The molecule has 1 N–H and O–H groups in total. The third kappa shape index (κ3) is 5.33. The van der Waals surface area contributed by atoms with E-state index in [1.807, 2.05) is 30.3 Å². The maximum absolute atomic E-state index is 12.7. The molecule has 2 aromatic carbocycles.